The summed E-state index contributed by atoms with van der Waals surface area (Å²) in [4.78, 5) is 17.2. The minimum atomic E-state index is -4.27. The SMILES string of the molecule is NCCCCCCCCCCCCCCCCCCCCCCCCCCCCCCCCCCOP(=O)(O)O. The van der Waals surface area contributed by atoms with Crippen LogP contribution in [-0.4, -0.2) is 22.9 Å². The molecule has 0 aliphatic rings. The molecule has 0 aliphatic heterocycles. The second-order valence-electron chi connectivity index (χ2n) is 12.4. The Balaban J connectivity index is 3.04. The standard InChI is InChI=1S/C34H72NO4P/c35-33-31-29-27-25-23-21-19-17-15-13-11-9-7-5-3-1-2-4-6-8-10-12-14-16-18-20-22-24-26-28-30-32-34-39-40(36,37)38/h1-35H2,(H2,36,37,38). The lowest BCUT2D eigenvalue weighted by Crippen LogP contribution is -1.97. The fourth-order valence-corrected chi connectivity index (χ4v) is 6.10. The van der Waals surface area contributed by atoms with E-state index in [2.05, 4.69) is 4.52 Å². The van der Waals surface area contributed by atoms with Crippen molar-refractivity contribution >= 4 is 7.82 Å². The maximum atomic E-state index is 10.6. The third-order valence-electron chi connectivity index (χ3n) is 8.36. The molecule has 0 aliphatic carbocycles. The van der Waals surface area contributed by atoms with Crippen molar-refractivity contribution in [3.8, 4) is 0 Å². The predicted molar refractivity (Wildman–Crippen MR) is 175 cm³/mol. The summed E-state index contributed by atoms with van der Waals surface area (Å²) in [6, 6.07) is 0. The first kappa shape index (κ1) is 40.1. The van der Waals surface area contributed by atoms with E-state index in [9.17, 15) is 4.57 Å². The van der Waals surface area contributed by atoms with Gasteiger partial charge in [0, 0.05) is 0 Å². The van der Waals surface area contributed by atoms with Gasteiger partial charge >= 0.3 is 7.82 Å². The highest BCUT2D eigenvalue weighted by Crippen LogP contribution is 2.35. The zero-order valence-electron chi connectivity index (χ0n) is 26.8. The molecule has 0 radical (unpaired) electrons. The number of nitrogens with two attached hydrogens (primary N) is 1. The van der Waals surface area contributed by atoms with E-state index in [4.69, 9.17) is 15.5 Å². The van der Waals surface area contributed by atoms with Crippen molar-refractivity contribution in [3.63, 3.8) is 0 Å². The van der Waals surface area contributed by atoms with Gasteiger partial charge in [0.25, 0.3) is 0 Å². The van der Waals surface area contributed by atoms with Gasteiger partial charge in [-0.1, -0.05) is 193 Å². The van der Waals surface area contributed by atoms with E-state index in [1.165, 1.54) is 186 Å². The highest BCUT2D eigenvalue weighted by molar-refractivity contribution is 7.46. The normalized spacial score (nSPS) is 12.0. The van der Waals surface area contributed by atoms with Crippen LogP contribution in [0.3, 0.4) is 0 Å². The van der Waals surface area contributed by atoms with Gasteiger partial charge in [0.2, 0.25) is 0 Å². The Bertz CT molecular complexity index is 514. The Morgan fingerprint density at radius 3 is 0.700 bits per heavy atom. The Morgan fingerprint density at radius 2 is 0.525 bits per heavy atom. The maximum Gasteiger partial charge on any atom is 0.469 e. The Morgan fingerprint density at radius 1 is 0.350 bits per heavy atom. The molecule has 4 N–H and O–H groups in total. The number of hydrogen-bond donors (Lipinski definition) is 3. The zero-order valence-corrected chi connectivity index (χ0v) is 27.7. The second kappa shape index (κ2) is 33.6. The molecule has 0 saturated heterocycles. The number of rotatable bonds is 35. The summed E-state index contributed by atoms with van der Waals surface area (Å²) >= 11 is 0. The van der Waals surface area contributed by atoms with E-state index in [1.54, 1.807) is 0 Å². The van der Waals surface area contributed by atoms with Crippen molar-refractivity contribution in [1.29, 1.82) is 0 Å². The van der Waals surface area contributed by atoms with E-state index < -0.39 is 7.82 Å². The Kier molecular flexibility index (Phi) is 33.6. The van der Waals surface area contributed by atoms with Crippen molar-refractivity contribution in [2.45, 2.75) is 205 Å². The average Bonchev–Trinajstić information content (AvgIpc) is 2.92. The molecule has 40 heavy (non-hydrogen) atoms. The van der Waals surface area contributed by atoms with Crippen LogP contribution in [0.25, 0.3) is 0 Å². The van der Waals surface area contributed by atoms with Gasteiger partial charge in [-0.15, -0.1) is 0 Å². The van der Waals surface area contributed by atoms with Crippen LogP contribution < -0.4 is 5.73 Å². The van der Waals surface area contributed by atoms with E-state index in [-0.39, 0.29) is 6.61 Å². The first-order valence-corrected chi connectivity index (χ1v) is 19.5. The molecule has 5 nitrogen and oxygen atoms in total. The topological polar surface area (TPSA) is 92.8 Å². The van der Waals surface area contributed by atoms with Gasteiger partial charge in [-0.3, -0.25) is 4.52 Å². The average molecular weight is 590 g/mol. The van der Waals surface area contributed by atoms with Crippen LogP contribution in [0.1, 0.15) is 205 Å². The van der Waals surface area contributed by atoms with Gasteiger partial charge in [-0.25, -0.2) is 4.57 Å². The molecule has 0 aromatic heterocycles. The predicted octanol–water partition coefficient (Wildman–Crippen LogP) is 11.5. The molecular weight excluding hydrogens is 517 g/mol. The summed E-state index contributed by atoms with van der Waals surface area (Å²) in [7, 11) is -4.27. The highest BCUT2D eigenvalue weighted by atomic mass is 31.2. The summed E-state index contributed by atoms with van der Waals surface area (Å²) in [5.74, 6) is 0. The van der Waals surface area contributed by atoms with Gasteiger partial charge in [-0.2, -0.15) is 0 Å². The summed E-state index contributed by atoms with van der Waals surface area (Å²) in [5.41, 5.74) is 5.54. The second-order valence-corrected chi connectivity index (χ2v) is 13.7. The lowest BCUT2D eigenvalue weighted by molar-refractivity contribution is 0.193. The van der Waals surface area contributed by atoms with Gasteiger partial charge in [0.05, 0.1) is 6.61 Å². The molecule has 0 heterocycles. The lowest BCUT2D eigenvalue weighted by atomic mass is 10.0. The van der Waals surface area contributed by atoms with Crippen LogP contribution in [-0.2, 0) is 9.09 Å². The third-order valence-corrected chi connectivity index (χ3v) is 8.88. The maximum absolute atomic E-state index is 10.6. The van der Waals surface area contributed by atoms with Crippen LogP contribution in [0.15, 0.2) is 0 Å². The minimum absolute atomic E-state index is 0.169. The fraction of sp³-hybridized carbons (Fsp3) is 1.00. The molecule has 0 saturated carbocycles. The summed E-state index contributed by atoms with van der Waals surface area (Å²) in [6.07, 6.45) is 43.7. The molecule has 0 unspecified atom stereocenters. The van der Waals surface area contributed by atoms with Crippen molar-refractivity contribution in [3.05, 3.63) is 0 Å². The number of hydrogen-bond acceptors (Lipinski definition) is 3. The van der Waals surface area contributed by atoms with Crippen molar-refractivity contribution in [1.82, 2.24) is 0 Å². The summed E-state index contributed by atoms with van der Waals surface area (Å²) in [6.45, 7) is 1.03. The first-order chi connectivity index (χ1) is 19.6. The summed E-state index contributed by atoms with van der Waals surface area (Å²) < 4.78 is 15.0. The first-order valence-electron chi connectivity index (χ1n) is 18.0. The molecule has 0 aromatic rings. The molecular formula is C34H72NO4P. The van der Waals surface area contributed by atoms with E-state index in [1.807, 2.05) is 0 Å². The summed E-state index contributed by atoms with van der Waals surface area (Å²) in [5, 5.41) is 0. The molecule has 0 spiro atoms. The number of unbranched alkanes of at least 4 members (excludes halogenated alkanes) is 31. The smallest absolute Gasteiger partial charge is 0.330 e. The van der Waals surface area contributed by atoms with Crippen molar-refractivity contribution in [2.75, 3.05) is 13.2 Å². The van der Waals surface area contributed by atoms with E-state index in [0.717, 1.165) is 25.8 Å². The highest BCUT2D eigenvalue weighted by Gasteiger charge is 2.12. The minimum Gasteiger partial charge on any atom is -0.330 e. The van der Waals surface area contributed by atoms with Crippen LogP contribution >= 0.6 is 7.82 Å². The zero-order chi connectivity index (χ0) is 29.2. The Labute approximate surface area is 250 Å². The number of phosphoric ester groups is 1. The number of phosphoric acid groups is 1. The van der Waals surface area contributed by atoms with Gasteiger partial charge < -0.3 is 15.5 Å². The van der Waals surface area contributed by atoms with Crippen molar-refractivity contribution in [2.24, 2.45) is 5.73 Å². The van der Waals surface area contributed by atoms with Crippen LogP contribution in [0, 0.1) is 0 Å². The largest absolute Gasteiger partial charge is 0.469 e. The molecule has 0 aromatic carbocycles. The molecule has 0 bridgehead atoms. The third kappa shape index (κ3) is 38.1. The molecule has 0 amide bonds. The molecule has 0 rings (SSSR count). The molecule has 0 fully saturated rings. The van der Waals surface area contributed by atoms with E-state index >= 15 is 0 Å². The van der Waals surface area contributed by atoms with Gasteiger partial charge in [0.1, 0.15) is 0 Å². The van der Waals surface area contributed by atoms with Crippen molar-refractivity contribution < 1.29 is 18.9 Å². The van der Waals surface area contributed by atoms with Crippen LogP contribution in [0.4, 0.5) is 0 Å². The van der Waals surface area contributed by atoms with Crippen LogP contribution in [0.5, 0.6) is 0 Å². The monoisotopic (exact) mass is 590 g/mol. The lowest BCUT2D eigenvalue weighted by Gasteiger charge is -2.05. The van der Waals surface area contributed by atoms with Crippen LogP contribution in [0.2, 0.25) is 0 Å². The fourth-order valence-electron chi connectivity index (χ4n) is 5.73. The Hall–Kier alpha value is 0.0700. The molecule has 0 atom stereocenters. The molecule has 6 heteroatoms. The quantitative estimate of drug-likeness (QED) is 0.0505. The molecule has 242 valence electrons. The van der Waals surface area contributed by atoms with Gasteiger partial charge in [0.15, 0.2) is 0 Å². The van der Waals surface area contributed by atoms with Gasteiger partial charge in [-0.05, 0) is 19.4 Å². The van der Waals surface area contributed by atoms with E-state index in [0.29, 0.717) is 0 Å².